The van der Waals surface area contributed by atoms with Crippen molar-refractivity contribution in [2.45, 2.75) is 40.2 Å². The van der Waals surface area contributed by atoms with Gasteiger partial charge in [-0.3, -0.25) is 5.41 Å². The van der Waals surface area contributed by atoms with E-state index in [1.165, 1.54) is 11.6 Å². The normalized spacial score (nSPS) is 15.2. The summed E-state index contributed by atoms with van der Waals surface area (Å²) in [6.45, 7) is 7.59. The Morgan fingerprint density at radius 1 is 1.12 bits per heavy atom. The molecule has 2 aromatic carbocycles. The Morgan fingerprint density at radius 3 is 2.62 bits per heavy atom. The van der Waals surface area contributed by atoms with Crippen molar-refractivity contribution in [3.05, 3.63) is 71.2 Å². The predicted molar refractivity (Wildman–Crippen MR) is 130 cm³/mol. The van der Waals surface area contributed by atoms with E-state index < -0.39 is 5.82 Å². The molecule has 0 fully saturated rings. The summed E-state index contributed by atoms with van der Waals surface area (Å²) in [7, 11) is 0. The monoisotopic (exact) mass is 435 g/mol. The van der Waals surface area contributed by atoms with Gasteiger partial charge in [-0.05, 0) is 57.9 Å². The van der Waals surface area contributed by atoms with Gasteiger partial charge in [0.15, 0.2) is 0 Å². The van der Waals surface area contributed by atoms with Crippen LogP contribution in [0.2, 0.25) is 0 Å². The summed E-state index contributed by atoms with van der Waals surface area (Å²) in [5, 5.41) is 23.6. The summed E-state index contributed by atoms with van der Waals surface area (Å²) < 4.78 is 19.8. The molecule has 1 aliphatic heterocycles. The first-order valence-corrected chi connectivity index (χ1v) is 10.8. The highest BCUT2D eigenvalue weighted by Gasteiger charge is 2.22. The maximum absolute atomic E-state index is 14.5. The number of ether oxygens (including phenoxy) is 1. The van der Waals surface area contributed by atoms with Gasteiger partial charge in [0.1, 0.15) is 11.6 Å². The lowest BCUT2D eigenvalue weighted by atomic mass is 9.96. The van der Waals surface area contributed by atoms with Crippen LogP contribution in [0.4, 0.5) is 10.1 Å². The SMILES string of the molecule is CCOc1ccc(N/C(C)=C2\C(=N)C(CCCNCc3ccccc3)=NN=C2C)c(F)c1. The molecule has 32 heavy (non-hydrogen) atoms. The number of allylic oxidation sites excluding steroid dienone is 2. The minimum absolute atomic E-state index is 0.327. The Bertz CT molecular complexity index is 1040. The topological polar surface area (TPSA) is 81.9 Å². The van der Waals surface area contributed by atoms with Crippen LogP contribution in [0, 0.1) is 11.2 Å². The lowest BCUT2D eigenvalue weighted by Gasteiger charge is -2.19. The van der Waals surface area contributed by atoms with Crippen LogP contribution in [0.3, 0.4) is 0 Å². The lowest BCUT2D eigenvalue weighted by molar-refractivity contribution is 0.338. The van der Waals surface area contributed by atoms with Gasteiger partial charge in [0.05, 0.1) is 29.4 Å². The fourth-order valence-electron chi connectivity index (χ4n) is 3.52. The molecule has 1 aliphatic rings. The molecule has 0 aliphatic carbocycles. The number of rotatable bonds is 10. The maximum Gasteiger partial charge on any atom is 0.150 e. The van der Waals surface area contributed by atoms with Crippen LogP contribution in [-0.4, -0.2) is 30.3 Å². The van der Waals surface area contributed by atoms with Gasteiger partial charge in [-0.25, -0.2) is 4.39 Å². The minimum Gasteiger partial charge on any atom is -0.494 e. The second-order valence-electron chi connectivity index (χ2n) is 7.57. The molecule has 1 heterocycles. The molecule has 7 heteroatoms. The molecule has 0 unspecified atom stereocenters. The van der Waals surface area contributed by atoms with E-state index in [-0.39, 0.29) is 0 Å². The van der Waals surface area contributed by atoms with E-state index in [2.05, 4.69) is 33.0 Å². The molecule has 0 aromatic heterocycles. The van der Waals surface area contributed by atoms with Gasteiger partial charge in [-0.15, -0.1) is 0 Å². The van der Waals surface area contributed by atoms with Crippen molar-refractivity contribution >= 4 is 22.8 Å². The molecule has 0 radical (unpaired) electrons. The molecule has 0 amide bonds. The van der Waals surface area contributed by atoms with E-state index in [0.717, 1.165) is 19.5 Å². The Morgan fingerprint density at radius 2 is 1.91 bits per heavy atom. The Kier molecular flexibility index (Phi) is 8.27. The highest BCUT2D eigenvalue weighted by Crippen LogP contribution is 2.24. The van der Waals surface area contributed by atoms with Gasteiger partial charge >= 0.3 is 0 Å². The lowest BCUT2D eigenvalue weighted by Crippen LogP contribution is -2.27. The first-order valence-electron chi connectivity index (χ1n) is 10.8. The van der Waals surface area contributed by atoms with Gasteiger partial charge in [-0.2, -0.15) is 10.2 Å². The molecule has 0 spiro atoms. The summed E-state index contributed by atoms with van der Waals surface area (Å²) in [4.78, 5) is 0. The number of nitrogens with zero attached hydrogens (tertiary/aromatic N) is 2. The predicted octanol–water partition coefficient (Wildman–Crippen LogP) is 5.33. The van der Waals surface area contributed by atoms with Crippen molar-refractivity contribution < 1.29 is 9.13 Å². The molecule has 0 saturated heterocycles. The molecular formula is C25H30FN5O. The second-order valence-corrected chi connectivity index (χ2v) is 7.57. The fraction of sp³-hybridized carbons (Fsp3) is 0.320. The molecule has 168 valence electrons. The largest absolute Gasteiger partial charge is 0.494 e. The highest BCUT2D eigenvalue weighted by atomic mass is 19.1. The van der Waals surface area contributed by atoms with E-state index in [1.54, 1.807) is 12.1 Å². The van der Waals surface area contributed by atoms with E-state index >= 15 is 0 Å². The van der Waals surface area contributed by atoms with Gasteiger partial charge < -0.3 is 15.4 Å². The summed E-state index contributed by atoms with van der Waals surface area (Å²) in [6, 6.07) is 14.9. The molecule has 0 saturated carbocycles. The van der Waals surface area contributed by atoms with Crippen LogP contribution >= 0.6 is 0 Å². The van der Waals surface area contributed by atoms with E-state index in [1.807, 2.05) is 39.0 Å². The molecule has 0 bridgehead atoms. The van der Waals surface area contributed by atoms with E-state index in [0.29, 0.717) is 52.9 Å². The van der Waals surface area contributed by atoms with Crippen LogP contribution in [0.15, 0.2) is 70.0 Å². The molecule has 3 N–H and O–H groups in total. The second kappa shape index (κ2) is 11.3. The number of hydrogen-bond acceptors (Lipinski definition) is 6. The van der Waals surface area contributed by atoms with Crippen molar-refractivity contribution in [3.8, 4) is 5.75 Å². The zero-order chi connectivity index (χ0) is 22.9. The van der Waals surface area contributed by atoms with Crippen molar-refractivity contribution in [1.82, 2.24) is 5.32 Å². The first kappa shape index (κ1) is 23.3. The Labute approximate surface area is 188 Å². The van der Waals surface area contributed by atoms with E-state index in [9.17, 15) is 4.39 Å². The summed E-state index contributed by atoms with van der Waals surface area (Å²) in [5.41, 5.74) is 4.49. The minimum atomic E-state index is -0.411. The number of halogens is 1. The molecule has 2 aromatic rings. The third-order valence-electron chi connectivity index (χ3n) is 5.11. The van der Waals surface area contributed by atoms with Crippen LogP contribution in [-0.2, 0) is 6.54 Å². The first-order chi connectivity index (χ1) is 15.5. The average Bonchev–Trinajstić information content (AvgIpc) is 2.78. The van der Waals surface area contributed by atoms with Crippen molar-refractivity contribution in [3.63, 3.8) is 0 Å². The quantitative estimate of drug-likeness (QED) is 0.441. The van der Waals surface area contributed by atoms with Crippen LogP contribution in [0.1, 0.15) is 39.2 Å². The molecule has 3 rings (SSSR count). The highest BCUT2D eigenvalue weighted by molar-refractivity contribution is 6.54. The van der Waals surface area contributed by atoms with Crippen LogP contribution < -0.4 is 15.4 Å². The Hall–Kier alpha value is -3.32. The summed E-state index contributed by atoms with van der Waals surface area (Å²) in [6.07, 6.45) is 1.49. The van der Waals surface area contributed by atoms with Crippen LogP contribution in [0.5, 0.6) is 5.75 Å². The molecule has 0 atom stereocenters. The zero-order valence-electron chi connectivity index (χ0n) is 18.8. The number of anilines is 1. The molecular weight excluding hydrogens is 405 g/mol. The Balaban J connectivity index is 1.60. The van der Waals surface area contributed by atoms with Crippen LogP contribution in [0.25, 0.3) is 0 Å². The van der Waals surface area contributed by atoms with Gasteiger partial charge in [-0.1, -0.05) is 30.3 Å². The van der Waals surface area contributed by atoms with Crippen molar-refractivity contribution in [2.75, 3.05) is 18.5 Å². The third-order valence-corrected chi connectivity index (χ3v) is 5.11. The maximum atomic E-state index is 14.5. The van der Waals surface area contributed by atoms with Gasteiger partial charge in [0, 0.05) is 23.9 Å². The summed E-state index contributed by atoms with van der Waals surface area (Å²) in [5.74, 6) is 0.0746. The summed E-state index contributed by atoms with van der Waals surface area (Å²) >= 11 is 0. The zero-order valence-corrected chi connectivity index (χ0v) is 18.8. The third kappa shape index (κ3) is 6.11. The standard InChI is InChI=1S/C25H30FN5O/c1-4-32-20-12-13-22(21(26)15-20)29-17(2)24-18(3)30-31-23(25(24)27)11-8-14-28-16-19-9-6-5-7-10-19/h5-7,9-10,12-13,15,27-29H,4,8,11,14,16H2,1-3H3/b24-17-,27-25?. The average molecular weight is 436 g/mol. The number of nitrogens with one attached hydrogen (secondary N) is 3. The molecule has 6 nitrogen and oxygen atoms in total. The fourth-order valence-corrected chi connectivity index (χ4v) is 3.52. The van der Waals surface area contributed by atoms with Gasteiger partial charge in [0.2, 0.25) is 0 Å². The van der Waals surface area contributed by atoms with Crippen molar-refractivity contribution in [2.24, 2.45) is 10.2 Å². The van der Waals surface area contributed by atoms with Crippen molar-refractivity contribution in [1.29, 1.82) is 5.41 Å². The van der Waals surface area contributed by atoms with E-state index in [4.69, 9.17) is 10.1 Å². The smallest absolute Gasteiger partial charge is 0.150 e. The number of benzene rings is 2. The van der Waals surface area contributed by atoms with Gasteiger partial charge in [0.25, 0.3) is 0 Å². The number of hydrogen-bond donors (Lipinski definition) is 3.